The molecule has 0 spiro atoms. The van der Waals surface area contributed by atoms with Gasteiger partial charge in [0.2, 0.25) is 5.91 Å². The number of carbonyl (C=O) groups is 1. The van der Waals surface area contributed by atoms with Crippen molar-refractivity contribution in [1.82, 2.24) is 15.3 Å². The smallest absolute Gasteiger partial charge is 0.223 e. The van der Waals surface area contributed by atoms with E-state index in [-0.39, 0.29) is 11.8 Å². The normalized spacial score (nSPS) is 22.7. The third-order valence-electron chi connectivity index (χ3n) is 6.49. The lowest BCUT2D eigenvalue weighted by Gasteiger charge is -2.37. The lowest BCUT2D eigenvalue weighted by Crippen LogP contribution is -2.44. The van der Waals surface area contributed by atoms with Gasteiger partial charge in [-0.1, -0.05) is 19.3 Å². The van der Waals surface area contributed by atoms with Crippen LogP contribution in [0.1, 0.15) is 64.2 Å². The maximum atomic E-state index is 12.7. The molecule has 1 amide bonds. The van der Waals surface area contributed by atoms with Crippen molar-refractivity contribution >= 4 is 17.4 Å². The zero-order chi connectivity index (χ0) is 18.5. The maximum absolute atomic E-state index is 12.7. The standard InChI is InChI=1S/C21H33N5O/c27-21(24-18-7-3-1-4-8-18)17-9-13-25(14-10-17)19-15-22-16-23-20(19)26-11-5-2-6-12-26/h15-18H,1-14H2,(H,24,27). The van der Waals surface area contributed by atoms with Crippen molar-refractivity contribution in [3.8, 4) is 0 Å². The number of amides is 1. The van der Waals surface area contributed by atoms with Gasteiger partial charge in [0.1, 0.15) is 6.33 Å². The van der Waals surface area contributed by atoms with E-state index < -0.39 is 0 Å². The fourth-order valence-corrected chi connectivity index (χ4v) is 4.84. The predicted molar refractivity (Wildman–Crippen MR) is 108 cm³/mol. The molecule has 1 saturated carbocycles. The summed E-state index contributed by atoms with van der Waals surface area (Å²) >= 11 is 0. The summed E-state index contributed by atoms with van der Waals surface area (Å²) < 4.78 is 0. The van der Waals surface area contributed by atoms with Crippen LogP contribution in [-0.2, 0) is 4.79 Å². The summed E-state index contributed by atoms with van der Waals surface area (Å²) in [4.78, 5) is 26.3. The molecule has 6 nitrogen and oxygen atoms in total. The first-order valence-electron chi connectivity index (χ1n) is 10.9. The van der Waals surface area contributed by atoms with E-state index in [1.54, 1.807) is 6.33 Å². The van der Waals surface area contributed by atoms with Gasteiger partial charge in [0, 0.05) is 38.1 Å². The second kappa shape index (κ2) is 8.89. The highest BCUT2D eigenvalue weighted by atomic mass is 16.1. The van der Waals surface area contributed by atoms with Gasteiger partial charge in [-0.2, -0.15) is 0 Å². The summed E-state index contributed by atoms with van der Waals surface area (Å²) in [5.41, 5.74) is 1.14. The Morgan fingerprint density at radius 1 is 0.889 bits per heavy atom. The SMILES string of the molecule is O=C(NC1CCCCC1)C1CCN(c2cncnc2N2CCCCC2)CC1. The van der Waals surface area contributed by atoms with E-state index in [2.05, 4.69) is 25.1 Å². The van der Waals surface area contributed by atoms with E-state index in [1.165, 1.54) is 38.5 Å². The minimum atomic E-state index is 0.159. The molecule has 0 radical (unpaired) electrons. The molecule has 0 unspecified atom stereocenters. The average molecular weight is 372 g/mol. The summed E-state index contributed by atoms with van der Waals surface area (Å²) in [5, 5.41) is 3.32. The van der Waals surface area contributed by atoms with Gasteiger partial charge in [0.05, 0.1) is 11.9 Å². The van der Waals surface area contributed by atoms with Crippen LogP contribution in [0.5, 0.6) is 0 Å². The molecule has 2 aliphatic heterocycles. The Morgan fingerprint density at radius 2 is 1.59 bits per heavy atom. The second-order valence-electron chi connectivity index (χ2n) is 8.38. The van der Waals surface area contributed by atoms with Crippen molar-refractivity contribution < 1.29 is 4.79 Å². The van der Waals surface area contributed by atoms with Gasteiger partial charge < -0.3 is 15.1 Å². The van der Waals surface area contributed by atoms with E-state index in [4.69, 9.17) is 0 Å². The third kappa shape index (κ3) is 4.53. The molecule has 2 saturated heterocycles. The van der Waals surface area contributed by atoms with Crippen LogP contribution in [-0.4, -0.2) is 48.1 Å². The van der Waals surface area contributed by atoms with Crippen molar-refractivity contribution in [3.05, 3.63) is 12.5 Å². The molecular weight excluding hydrogens is 338 g/mol. The zero-order valence-electron chi connectivity index (χ0n) is 16.4. The summed E-state index contributed by atoms with van der Waals surface area (Å²) in [7, 11) is 0. The molecule has 1 aromatic heterocycles. The highest BCUT2D eigenvalue weighted by Gasteiger charge is 2.29. The van der Waals surface area contributed by atoms with Crippen molar-refractivity contribution in [3.63, 3.8) is 0 Å². The van der Waals surface area contributed by atoms with Crippen LogP contribution in [0.4, 0.5) is 11.5 Å². The van der Waals surface area contributed by atoms with Gasteiger partial charge in [0.15, 0.2) is 5.82 Å². The summed E-state index contributed by atoms with van der Waals surface area (Å²) in [6, 6.07) is 0.414. The maximum Gasteiger partial charge on any atom is 0.223 e. The van der Waals surface area contributed by atoms with Crippen molar-refractivity contribution in [2.45, 2.75) is 70.3 Å². The quantitative estimate of drug-likeness (QED) is 0.881. The van der Waals surface area contributed by atoms with Gasteiger partial charge in [-0.15, -0.1) is 0 Å². The van der Waals surface area contributed by atoms with Gasteiger partial charge in [-0.3, -0.25) is 4.79 Å². The number of piperidine rings is 2. The van der Waals surface area contributed by atoms with Gasteiger partial charge in [-0.25, -0.2) is 9.97 Å². The molecule has 0 bridgehead atoms. The van der Waals surface area contributed by atoms with Gasteiger partial charge >= 0.3 is 0 Å². The first-order valence-corrected chi connectivity index (χ1v) is 10.9. The molecule has 148 valence electrons. The van der Waals surface area contributed by atoms with Crippen LogP contribution < -0.4 is 15.1 Å². The van der Waals surface area contributed by atoms with Crippen molar-refractivity contribution in [1.29, 1.82) is 0 Å². The Labute approximate surface area is 162 Å². The molecule has 3 heterocycles. The number of rotatable bonds is 4. The minimum absolute atomic E-state index is 0.159. The van der Waals surface area contributed by atoms with E-state index in [1.807, 2.05) is 6.20 Å². The molecule has 1 N–H and O–H groups in total. The first kappa shape index (κ1) is 18.5. The molecule has 4 rings (SSSR count). The van der Waals surface area contributed by atoms with Gasteiger partial charge in [0.25, 0.3) is 0 Å². The van der Waals surface area contributed by atoms with E-state index in [9.17, 15) is 4.79 Å². The lowest BCUT2D eigenvalue weighted by atomic mass is 9.92. The topological polar surface area (TPSA) is 61.4 Å². The van der Waals surface area contributed by atoms with E-state index in [0.717, 1.165) is 63.4 Å². The average Bonchev–Trinajstić information content (AvgIpc) is 2.75. The number of hydrogen-bond acceptors (Lipinski definition) is 5. The molecular formula is C21H33N5O. The summed E-state index contributed by atoms with van der Waals surface area (Å²) in [6.07, 6.45) is 15.4. The Balaban J connectivity index is 1.34. The number of nitrogens with one attached hydrogen (secondary N) is 1. The first-order chi connectivity index (χ1) is 13.3. The Hall–Kier alpha value is -1.85. The van der Waals surface area contributed by atoms with Crippen molar-refractivity contribution in [2.75, 3.05) is 36.0 Å². The van der Waals surface area contributed by atoms with E-state index in [0.29, 0.717) is 6.04 Å². The molecule has 1 aromatic rings. The molecule has 3 aliphatic rings. The molecule has 27 heavy (non-hydrogen) atoms. The summed E-state index contributed by atoms with van der Waals surface area (Å²) in [5.74, 6) is 1.52. The highest BCUT2D eigenvalue weighted by Crippen LogP contribution is 2.31. The van der Waals surface area contributed by atoms with Crippen LogP contribution in [0.15, 0.2) is 12.5 Å². The highest BCUT2D eigenvalue weighted by molar-refractivity contribution is 5.79. The fourth-order valence-electron chi connectivity index (χ4n) is 4.84. The largest absolute Gasteiger partial charge is 0.367 e. The molecule has 3 fully saturated rings. The van der Waals surface area contributed by atoms with Crippen molar-refractivity contribution in [2.24, 2.45) is 5.92 Å². The van der Waals surface area contributed by atoms with Crippen LogP contribution in [0.2, 0.25) is 0 Å². The summed E-state index contributed by atoms with van der Waals surface area (Å²) in [6.45, 7) is 4.00. The lowest BCUT2D eigenvalue weighted by molar-refractivity contribution is -0.126. The molecule has 1 aliphatic carbocycles. The Kier molecular flexibility index (Phi) is 6.10. The second-order valence-corrected chi connectivity index (χ2v) is 8.38. The minimum Gasteiger partial charge on any atom is -0.367 e. The third-order valence-corrected chi connectivity index (χ3v) is 6.49. The van der Waals surface area contributed by atoms with E-state index >= 15 is 0 Å². The molecule has 6 heteroatoms. The molecule has 0 aromatic carbocycles. The monoisotopic (exact) mass is 371 g/mol. The number of nitrogens with zero attached hydrogens (tertiary/aromatic N) is 4. The number of hydrogen-bond donors (Lipinski definition) is 1. The van der Waals surface area contributed by atoms with Crippen LogP contribution >= 0.6 is 0 Å². The molecule has 0 atom stereocenters. The number of anilines is 2. The fraction of sp³-hybridized carbons (Fsp3) is 0.762. The van der Waals surface area contributed by atoms with Crippen LogP contribution in [0.3, 0.4) is 0 Å². The van der Waals surface area contributed by atoms with Crippen LogP contribution in [0, 0.1) is 5.92 Å². The van der Waals surface area contributed by atoms with Gasteiger partial charge in [-0.05, 0) is 44.9 Å². The Bertz CT molecular complexity index is 617. The predicted octanol–water partition coefficient (Wildman–Crippen LogP) is 3.13. The number of carbonyl (C=O) groups excluding carboxylic acids is 1. The zero-order valence-corrected chi connectivity index (χ0v) is 16.4. The van der Waals surface area contributed by atoms with Crippen LogP contribution in [0.25, 0.3) is 0 Å². The Morgan fingerprint density at radius 3 is 2.33 bits per heavy atom. The number of aromatic nitrogens is 2.